The predicted octanol–water partition coefficient (Wildman–Crippen LogP) is 2.78. The molecule has 0 bridgehead atoms. The Bertz CT molecular complexity index is 465. The zero-order valence-corrected chi connectivity index (χ0v) is 11.9. The Balaban J connectivity index is 1.97. The van der Waals surface area contributed by atoms with E-state index in [1.165, 1.54) is 18.1 Å². The quantitative estimate of drug-likeness (QED) is 0.707. The number of fused-ring (bicyclic) bond motifs is 1. The van der Waals surface area contributed by atoms with Crippen LogP contribution < -0.4 is 10.2 Å². The Labute approximate surface area is 110 Å². The predicted molar refractivity (Wildman–Crippen MR) is 76.0 cm³/mol. The van der Waals surface area contributed by atoms with Crippen LogP contribution in [0.15, 0.2) is 12.3 Å². The molecule has 0 unspecified atom stereocenters. The van der Waals surface area contributed by atoms with Crippen molar-refractivity contribution in [3.05, 3.63) is 18.0 Å². The van der Waals surface area contributed by atoms with Crippen LogP contribution in [-0.2, 0) is 6.42 Å². The fourth-order valence-electron chi connectivity index (χ4n) is 3.50. The lowest BCUT2D eigenvalue weighted by atomic mass is 9.42. The van der Waals surface area contributed by atoms with Gasteiger partial charge in [-0.1, -0.05) is 40.3 Å². The summed E-state index contributed by atoms with van der Waals surface area (Å²) < 4.78 is 5.82. The molecule has 96 valence electrons. The molecule has 0 spiro atoms. The summed E-state index contributed by atoms with van der Waals surface area (Å²) >= 11 is 0. The molecule has 0 N–H and O–H groups in total. The van der Waals surface area contributed by atoms with Gasteiger partial charge in [-0.2, -0.15) is 0 Å². The van der Waals surface area contributed by atoms with E-state index in [9.17, 15) is 0 Å². The van der Waals surface area contributed by atoms with E-state index in [4.69, 9.17) is 4.74 Å². The van der Waals surface area contributed by atoms with Crippen LogP contribution in [0.2, 0.25) is 12.6 Å². The van der Waals surface area contributed by atoms with E-state index in [0.29, 0.717) is 17.5 Å². The van der Waals surface area contributed by atoms with Crippen LogP contribution in [0.5, 0.6) is 5.75 Å². The van der Waals surface area contributed by atoms with Crippen molar-refractivity contribution in [1.82, 2.24) is 4.98 Å². The van der Waals surface area contributed by atoms with Gasteiger partial charge < -0.3 is 4.74 Å². The van der Waals surface area contributed by atoms with Gasteiger partial charge in [-0.05, 0) is 22.4 Å². The highest BCUT2D eigenvalue weighted by Gasteiger charge is 2.49. The first-order chi connectivity index (χ1) is 8.41. The Morgan fingerprint density at radius 1 is 1.17 bits per heavy atom. The van der Waals surface area contributed by atoms with Gasteiger partial charge in [0.25, 0.3) is 0 Å². The molecule has 1 saturated heterocycles. The summed E-state index contributed by atoms with van der Waals surface area (Å²) in [6.07, 6.45) is 5.43. The van der Waals surface area contributed by atoms with Crippen molar-refractivity contribution in [3.63, 3.8) is 0 Å². The second kappa shape index (κ2) is 3.75. The fraction of sp³-hybridized carbons (Fsp3) is 0.667. The molecule has 1 aromatic heterocycles. The average molecular weight is 243 g/mol. The van der Waals surface area contributed by atoms with Gasteiger partial charge in [-0.15, -0.1) is 0 Å². The molecule has 2 aliphatic heterocycles. The zero-order chi connectivity index (χ0) is 13.0. The standard InChI is InChI=1S/C15H22BNO/c1-14(2)9-16(10-15(14,3)4)11-5-7-17-12-6-8-18-13(11)12/h5,7H,6,8-10H2,1-4H3. The molecule has 0 saturated carbocycles. The summed E-state index contributed by atoms with van der Waals surface area (Å²) in [5.74, 6) is 1.09. The normalized spacial score (nSPS) is 23.9. The van der Waals surface area contributed by atoms with E-state index in [0.717, 1.165) is 24.5 Å². The Hall–Kier alpha value is -0.985. The topological polar surface area (TPSA) is 22.1 Å². The SMILES string of the molecule is CC1(C)CB(c2ccnc3c2OCC3)CC1(C)C. The second-order valence-electron chi connectivity index (χ2n) is 7.15. The van der Waals surface area contributed by atoms with E-state index >= 15 is 0 Å². The maximum absolute atomic E-state index is 5.82. The molecule has 3 heteroatoms. The van der Waals surface area contributed by atoms with Crippen molar-refractivity contribution in [2.45, 2.75) is 46.8 Å². The highest BCUT2D eigenvalue weighted by atomic mass is 16.5. The van der Waals surface area contributed by atoms with E-state index in [1.807, 2.05) is 6.20 Å². The molecule has 2 nitrogen and oxygen atoms in total. The number of aromatic nitrogens is 1. The van der Waals surface area contributed by atoms with Crippen LogP contribution in [0.4, 0.5) is 0 Å². The van der Waals surface area contributed by atoms with Crippen molar-refractivity contribution in [1.29, 1.82) is 0 Å². The molecule has 0 aliphatic carbocycles. The van der Waals surface area contributed by atoms with Gasteiger partial charge in [-0.25, -0.2) is 0 Å². The second-order valence-corrected chi connectivity index (χ2v) is 7.15. The van der Waals surface area contributed by atoms with Crippen molar-refractivity contribution in [2.24, 2.45) is 10.8 Å². The van der Waals surface area contributed by atoms with Gasteiger partial charge in [0.2, 0.25) is 0 Å². The monoisotopic (exact) mass is 243 g/mol. The Morgan fingerprint density at radius 3 is 2.50 bits per heavy atom. The first-order valence-electron chi connectivity index (χ1n) is 7.01. The van der Waals surface area contributed by atoms with Crippen LogP contribution >= 0.6 is 0 Å². The third-order valence-electron chi connectivity index (χ3n) is 5.38. The summed E-state index contributed by atoms with van der Waals surface area (Å²) in [4.78, 5) is 4.44. The molecule has 0 amide bonds. The summed E-state index contributed by atoms with van der Waals surface area (Å²) in [5, 5.41) is 0. The summed E-state index contributed by atoms with van der Waals surface area (Å²) in [6.45, 7) is 11.0. The van der Waals surface area contributed by atoms with E-state index in [-0.39, 0.29) is 0 Å². The van der Waals surface area contributed by atoms with Gasteiger partial charge in [0.1, 0.15) is 5.75 Å². The van der Waals surface area contributed by atoms with E-state index < -0.39 is 0 Å². The molecule has 0 aromatic carbocycles. The number of ether oxygens (including phenoxy) is 1. The van der Waals surface area contributed by atoms with Gasteiger partial charge in [-0.3, -0.25) is 4.98 Å². The molecular formula is C15H22BNO. The lowest BCUT2D eigenvalue weighted by Gasteiger charge is -2.35. The fourth-order valence-corrected chi connectivity index (χ4v) is 3.50. The third kappa shape index (κ3) is 1.67. The van der Waals surface area contributed by atoms with Crippen LogP contribution in [0.3, 0.4) is 0 Å². The minimum atomic E-state index is 0.395. The van der Waals surface area contributed by atoms with E-state index in [2.05, 4.69) is 38.7 Å². The summed E-state index contributed by atoms with van der Waals surface area (Å²) in [6, 6.07) is 2.17. The highest BCUT2D eigenvalue weighted by molar-refractivity contribution is 6.75. The van der Waals surface area contributed by atoms with Gasteiger partial charge in [0.15, 0.2) is 6.71 Å². The maximum Gasteiger partial charge on any atom is 0.182 e. The first-order valence-corrected chi connectivity index (χ1v) is 7.01. The molecule has 0 atom stereocenters. The lowest BCUT2D eigenvalue weighted by Crippen LogP contribution is -2.29. The summed E-state index contributed by atoms with van der Waals surface area (Å²) in [5.41, 5.74) is 3.35. The Morgan fingerprint density at radius 2 is 1.83 bits per heavy atom. The number of rotatable bonds is 1. The average Bonchev–Trinajstić information content (AvgIpc) is 2.81. The van der Waals surface area contributed by atoms with Crippen LogP contribution in [-0.4, -0.2) is 18.3 Å². The lowest BCUT2D eigenvalue weighted by molar-refractivity contribution is 0.177. The largest absolute Gasteiger partial charge is 0.492 e. The van der Waals surface area contributed by atoms with E-state index in [1.54, 1.807) is 0 Å². The molecule has 0 radical (unpaired) electrons. The van der Waals surface area contributed by atoms with Crippen LogP contribution in [0.25, 0.3) is 0 Å². The molecule has 1 aromatic rings. The number of pyridine rings is 1. The molecule has 2 aliphatic rings. The third-order valence-corrected chi connectivity index (χ3v) is 5.38. The summed E-state index contributed by atoms with van der Waals surface area (Å²) in [7, 11) is 0. The Kier molecular flexibility index (Phi) is 2.52. The minimum Gasteiger partial charge on any atom is -0.492 e. The van der Waals surface area contributed by atoms with Gasteiger partial charge in [0, 0.05) is 12.6 Å². The molecule has 3 heterocycles. The molecule has 18 heavy (non-hydrogen) atoms. The first kappa shape index (κ1) is 12.1. The van der Waals surface area contributed by atoms with Crippen molar-refractivity contribution in [3.8, 4) is 5.75 Å². The maximum atomic E-state index is 5.82. The molecular weight excluding hydrogens is 221 g/mol. The number of hydrogen-bond acceptors (Lipinski definition) is 2. The van der Waals surface area contributed by atoms with Crippen molar-refractivity contribution >= 4 is 12.2 Å². The number of nitrogens with zero attached hydrogens (tertiary/aromatic N) is 1. The van der Waals surface area contributed by atoms with Gasteiger partial charge in [0.05, 0.1) is 12.3 Å². The molecule has 3 rings (SSSR count). The van der Waals surface area contributed by atoms with Crippen LogP contribution in [0.1, 0.15) is 33.4 Å². The smallest absolute Gasteiger partial charge is 0.182 e. The van der Waals surface area contributed by atoms with Crippen molar-refractivity contribution in [2.75, 3.05) is 6.61 Å². The molecule has 1 fully saturated rings. The van der Waals surface area contributed by atoms with Crippen molar-refractivity contribution < 1.29 is 4.74 Å². The number of hydrogen-bond donors (Lipinski definition) is 0. The van der Waals surface area contributed by atoms with Gasteiger partial charge >= 0.3 is 0 Å². The van der Waals surface area contributed by atoms with Crippen LogP contribution in [0, 0.1) is 10.8 Å². The zero-order valence-electron chi connectivity index (χ0n) is 11.9. The minimum absolute atomic E-state index is 0.395. The highest BCUT2D eigenvalue weighted by Crippen LogP contribution is 2.53.